The minimum absolute atomic E-state index is 0.273. The summed E-state index contributed by atoms with van der Waals surface area (Å²) in [5, 5.41) is 12.4. The minimum atomic E-state index is 0.273. The predicted octanol–water partition coefficient (Wildman–Crippen LogP) is 4.02. The van der Waals surface area contributed by atoms with Crippen molar-refractivity contribution in [3.05, 3.63) is 59.7 Å². The molecule has 0 aliphatic heterocycles. The molecule has 1 N–H and O–H groups in total. The molecule has 0 heterocycles. The number of ether oxygens (including phenoxy) is 1. The molecule has 0 amide bonds. The fourth-order valence-corrected chi connectivity index (χ4v) is 2.05. The fraction of sp³-hybridized carbons (Fsp3) is 0.235. The molecule has 102 valence electrons. The third kappa shape index (κ3) is 3.37. The maximum absolute atomic E-state index is 9.07. The number of rotatable bonds is 5. The molecular weight excluding hydrogens is 248 g/mol. The molecule has 2 aromatic rings. The summed E-state index contributed by atoms with van der Waals surface area (Å²) in [6.45, 7) is 5.12. The van der Waals surface area contributed by atoms with E-state index in [9.17, 15) is 0 Å². The zero-order valence-corrected chi connectivity index (χ0v) is 11.8. The summed E-state index contributed by atoms with van der Waals surface area (Å²) >= 11 is 0. The van der Waals surface area contributed by atoms with Gasteiger partial charge in [0.05, 0.1) is 5.56 Å². The van der Waals surface area contributed by atoms with Gasteiger partial charge in [-0.2, -0.15) is 5.26 Å². The molecule has 20 heavy (non-hydrogen) atoms. The highest BCUT2D eigenvalue weighted by Gasteiger charge is 2.07. The van der Waals surface area contributed by atoms with Crippen molar-refractivity contribution < 1.29 is 4.74 Å². The number of nitriles is 1. The molecule has 0 bridgehead atoms. The maximum Gasteiger partial charge on any atom is 0.145 e. The van der Waals surface area contributed by atoms with Gasteiger partial charge in [-0.1, -0.05) is 31.2 Å². The van der Waals surface area contributed by atoms with Crippen molar-refractivity contribution in [3.63, 3.8) is 0 Å². The van der Waals surface area contributed by atoms with Crippen molar-refractivity contribution >= 4 is 0 Å². The molecule has 2 aromatic carbocycles. The van der Waals surface area contributed by atoms with Gasteiger partial charge in [-0.05, 0) is 43.3 Å². The van der Waals surface area contributed by atoms with Gasteiger partial charge in [0.25, 0.3) is 0 Å². The molecule has 0 aliphatic carbocycles. The van der Waals surface area contributed by atoms with Gasteiger partial charge >= 0.3 is 0 Å². The molecule has 0 saturated heterocycles. The van der Waals surface area contributed by atoms with Crippen LogP contribution in [0.2, 0.25) is 0 Å². The van der Waals surface area contributed by atoms with Crippen LogP contribution in [-0.4, -0.2) is 6.54 Å². The SMILES string of the molecule is CCNC(C)c1cccc(Oc2ccccc2C#N)c1. The van der Waals surface area contributed by atoms with Crippen molar-refractivity contribution in [1.29, 1.82) is 5.26 Å². The third-order valence-corrected chi connectivity index (χ3v) is 3.10. The Morgan fingerprint density at radius 2 is 2.00 bits per heavy atom. The first-order valence-electron chi connectivity index (χ1n) is 6.75. The van der Waals surface area contributed by atoms with Gasteiger partial charge < -0.3 is 10.1 Å². The standard InChI is InChI=1S/C17H18N2O/c1-3-19-13(2)14-8-6-9-16(11-14)20-17-10-5-4-7-15(17)12-18/h4-11,13,19H,3H2,1-2H3. The molecule has 0 fully saturated rings. The Balaban J connectivity index is 2.22. The zero-order valence-electron chi connectivity index (χ0n) is 11.8. The summed E-state index contributed by atoms with van der Waals surface area (Å²) in [5.74, 6) is 1.33. The van der Waals surface area contributed by atoms with Crippen LogP contribution in [0.15, 0.2) is 48.5 Å². The summed E-state index contributed by atoms with van der Waals surface area (Å²) in [7, 11) is 0. The molecule has 1 unspecified atom stereocenters. The van der Waals surface area contributed by atoms with Gasteiger partial charge in [0.2, 0.25) is 0 Å². The lowest BCUT2D eigenvalue weighted by molar-refractivity contribution is 0.478. The number of para-hydroxylation sites is 1. The van der Waals surface area contributed by atoms with Crippen LogP contribution >= 0.6 is 0 Å². The lowest BCUT2D eigenvalue weighted by atomic mass is 10.1. The van der Waals surface area contributed by atoms with Crippen molar-refractivity contribution in [2.45, 2.75) is 19.9 Å². The maximum atomic E-state index is 9.07. The summed E-state index contributed by atoms with van der Waals surface area (Å²) in [4.78, 5) is 0. The number of hydrogen-bond acceptors (Lipinski definition) is 3. The molecule has 2 rings (SSSR count). The van der Waals surface area contributed by atoms with E-state index in [0.29, 0.717) is 11.3 Å². The summed E-state index contributed by atoms with van der Waals surface area (Å²) in [6, 6.07) is 17.6. The van der Waals surface area contributed by atoms with Gasteiger partial charge in [-0.15, -0.1) is 0 Å². The highest BCUT2D eigenvalue weighted by atomic mass is 16.5. The number of benzene rings is 2. The predicted molar refractivity (Wildman–Crippen MR) is 79.8 cm³/mol. The Labute approximate surface area is 119 Å². The zero-order chi connectivity index (χ0) is 14.4. The minimum Gasteiger partial charge on any atom is -0.456 e. The number of nitrogens with zero attached hydrogens (tertiary/aromatic N) is 1. The highest BCUT2D eigenvalue weighted by molar-refractivity contribution is 5.45. The van der Waals surface area contributed by atoms with Gasteiger partial charge in [0.1, 0.15) is 17.6 Å². The first-order valence-corrected chi connectivity index (χ1v) is 6.75. The summed E-state index contributed by atoms with van der Waals surface area (Å²) in [5.41, 5.74) is 1.71. The lowest BCUT2D eigenvalue weighted by Crippen LogP contribution is -2.17. The number of nitrogens with one attached hydrogen (secondary N) is 1. The van der Waals surface area contributed by atoms with E-state index in [1.807, 2.05) is 30.3 Å². The van der Waals surface area contributed by atoms with Crippen molar-refractivity contribution in [3.8, 4) is 17.6 Å². The van der Waals surface area contributed by atoms with Crippen molar-refractivity contribution in [1.82, 2.24) is 5.32 Å². The molecule has 1 atom stereocenters. The van der Waals surface area contributed by atoms with E-state index in [1.54, 1.807) is 12.1 Å². The van der Waals surface area contributed by atoms with E-state index in [4.69, 9.17) is 10.00 Å². The second-order valence-electron chi connectivity index (χ2n) is 4.56. The van der Waals surface area contributed by atoms with Gasteiger partial charge in [0, 0.05) is 6.04 Å². The van der Waals surface area contributed by atoms with Crippen LogP contribution in [-0.2, 0) is 0 Å². The van der Waals surface area contributed by atoms with Gasteiger partial charge in [-0.3, -0.25) is 0 Å². The Kier molecular flexibility index (Phi) is 4.75. The summed E-state index contributed by atoms with van der Waals surface area (Å²) in [6.07, 6.45) is 0. The van der Waals surface area contributed by atoms with Gasteiger partial charge in [-0.25, -0.2) is 0 Å². The smallest absolute Gasteiger partial charge is 0.145 e. The van der Waals surface area contributed by atoms with Crippen LogP contribution in [0.4, 0.5) is 0 Å². The van der Waals surface area contributed by atoms with Crippen LogP contribution in [0.25, 0.3) is 0 Å². The average Bonchev–Trinajstić information content (AvgIpc) is 2.48. The average molecular weight is 266 g/mol. The van der Waals surface area contributed by atoms with Crippen LogP contribution in [0.1, 0.15) is 31.0 Å². The second-order valence-corrected chi connectivity index (χ2v) is 4.56. The fourth-order valence-electron chi connectivity index (χ4n) is 2.05. The normalized spacial score (nSPS) is 11.7. The number of hydrogen-bond donors (Lipinski definition) is 1. The molecule has 0 spiro atoms. The third-order valence-electron chi connectivity index (χ3n) is 3.10. The molecule has 3 nitrogen and oxygen atoms in total. The van der Waals surface area contributed by atoms with E-state index < -0.39 is 0 Å². The van der Waals surface area contributed by atoms with E-state index in [2.05, 4.69) is 31.3 Å². The van der Waals surface area contributed by atoms with Crippen LogP contribution < -0.4 is 10.1 Å². The Morgan fingerprint density at radius 3 is 2.75 bits per heavy atom. The largest absolute Gasteiger partial charge is 0.456 e. The Bertz CT molecular complexity index is 616. The molecule has 3 heteroatoms. The van der Waals surface area contributed by atoms with Gasteiger partial charge in [0.15, 0.2) is 0 Å². The van der Waals surface area contributed by atoms with E-state index >= 15 is 0 Å². The second kappa shape index (κ2) is 6.74. The quantitative estimate of drug-likeness (QED) is 0.889. The Morgan fingerprint density at radius 1 is 1.20 bits per heavy atom. The first kappa shape index (κ1) is 14.1. The molecular formula is C17H18N2O. The first-order chi connectivity index (χ1) is 9.74. The van der Waals surface area contributed by atoms with Crippen LogP contribution in [0, 0.1) is 11.3 Å². The van der Waals surface area contributed by atoms with E-state index in [-0.39, 0.29) is 6.04 Å². The topological polar surface area (TPSA) is 45.0 Å². The Hall–Kier alpha value is -2.31. The van der Waals surface area contributed by atoms with Crippen molar-refractivity contribution in [2.24, 2.45) is 0 Å². The molecule has 0 aliphatic rings. The summed E-state index contributed by atoms with van der Waals surface area (Å²) < 4.78 is 5.82. The van der Waals surface area contributed by atoms with Crippen molar-refractivity contribution in [2.75, 3.05) is 6.54 Å². The monoisotopic (exact) mass is 266 g/mol. The van der Waals surface area contributed by atoms with E-state index in [1.165, 1.54) is 5.56 Å². The van der Waals surface area contributed by atoms with Crippen LogP contribution in [0.5, 0.6) is 11.5 Å². The lowest BCUT2D eigenvalue weighted by Gasteiger charge is -2.14. The molecule has 0 aromatic heterocycles. The van der Waals surface area contributed by atoms with E-state index in [0.717, 1.165) is 12.3 Å². The van der Waals surface area contributed by atoms with Crippen LogP contribution in [0.3, 0.4) is 0 Å². The molecule has 0 saturated carbocycles. The molecule has 0 radical (unpaired) electrons. The highest BCUT2D eigenvalue weighted by Crippen LogP contribution is 2.26.